The van der Waals surface area contributed by atoms with Gasteiger partial charge in [-0.3, -0.25) is 4.90 Å². The number of nitrogens with zero attached hydrogens (tertiary/aromatic N) is 1. The molecule has 0 amide bonds. The van der Waals surface area contributed by atoms with Crippen molar-refractivity contribution in [2.45, 2.75) is 0 Å². The monoisotopic (exact) mass is 156 g/mol. The molecule has 0 saturated carbocycles. The molecule has 0 unspecified atom stereocenters. The van der Waals surface area contributed by atoms with Crippen LogP contribution in [0.2, 0.25) is 0 Å². The Morgan fingerprint density at radius 3 is 2.09 bits per heavy atom. The first kappa shape index (κ1) is 10.4. The first-order valence-electron chi connectivity index (χ1n) is 3.54. The summed E-state index contributed by atoms with van der Waals surface area (Å²) in [5.74, 6) is 5.27. The van der Waals surface area contributed by atoms with Crippen molar-refractivity contribution < 1.29 is 10.2 Å². The average molecular weight is 156 g/mol. The van der Waals surface area contributed by atoms with Gasteiger partial charge in [0, 0.05) is 20.0 Å². The topological polar surface area (TPSA) is 43.7 Å². The van der Waals surface area contributed by atoms with Gasteiger partial charge in [0.05, 0.1) is 19.8 Å². The Morgan fingerprint density at radius 2 is 1.73 bits per heavy atom. The zero-order chi connectivity index (χ0) is 8.53. The highest BCUT2D eigenvalue weighted by Gasteiger charge is 1.99. The minimum Gasteiger partial charge on any atom is -0.395 e. The summed E-state index contributed by atoms with van der Waals surface area (Å²) >= 11 is 0. The van der Waals surface area contributed by atoms with Crippen LogP contribution in [0, 0.1) is 18.8 Å². The largest absolute Gasteiger partial charge is 0.395 e. The third-order valence-corrected chi connectivity index (χ3v) is 1.26. The summed E-state index contributed by atoms with van der Waals surface area (Å²) in [4.78, 5) is 1.86. The summed E-state index contributed by atoms with van der Waals surface area (Å²) < 4.78 is 0. The van der Waals surface area contributed by atoms with Crippen molar-refractivity contribution in [3.8, 4) is 11.8 Å². The van der Waals surface area contributed by atoms with Crippen molar-refractivity contribution in [2.75, 3.05) is 32.8 Å². The molecule has 1 radical (unpaired) electrons. The standard InChI is InChI=1S/C8H14NO2/c1-2-3-4-9(5-7-10)6-8-11/h10-11H,1,4-8H2. The summed E-state index contributed by atoms with van der Waals surface area (Å²) in [6.45, 7) is 5.22. The molecule has 0 heterocycles. The van der Waals surface area contributed by atoms with Gasteiger partial charge in [0.15, 0.2) is 0 Å². The van der Waals surface area contributed by atoms with Gasteiger partial charge in [0.2, 0.25) is 0 Å². The van der Waals surface area contributed by atoms with Crippen LogP contribution >= 0.6 is 0 Å². The molecule has 63 valence electrons. The third kappa shape index (κ3) is 5.86. The van der Waals surface area contributed by atoms with Crippen molar-refractivity contribution in [3.05, 3.63) is 6.92 Å². The van der Waals surface area contributed by atoms with E-state index in [9.17, 15) is 0 Å². The molecule has 3 nitrogen and oxygen atoms in total. The minimum atomic E-state index is 0.0961. The lowest BCUT2D eigenvalue weighted by Gasteiger charge is -2.16. The van der Waals surface area contributed by atoms with E-state index in [1.165, 1.54) is 0 Å². The van der Waals surface area contributed by atoms with Gasteiger partial charge < -0.3 is 10.2 Å². The van der Waals surface area contributed by atoms with E-state index in [0.29, 0.717) is 19.6 Å². The van der Waals surface area contributed by atoms with Crippen molar-refractivity contribution in [1.82, 2.24) is 4.90 Å². The van der Waals surface area contributed by atoms with E-state index in [1.54, 1.807) is 0 Å². The molecule has 0 atom stereocenters. The highest BCUT2D eigenvalue weighted by molar-refractivity contribution is 5.03. The first-order valence-corrected chi connectivity index (χ1v) is 3.54. The summed E-state index contributed by atoms with van der Waals surface area (Å²) in [6, 6.07) is 0. The third-order valence-electron chi connectivity index (χ3n) is 1.26. The molecule has 0 fully saturated rings. The lowest BCUT2D eigenvalue weighted by molar-refractivity contribution is 0.174. The lowest BCUT2D eigenvalue weighted by atomic mass is 10.4. The summed E-state index contributed by atoms with van der Waals surface area (Å²) in [7, 11) is 0. The van der Waals surface area contributed by atoms with E-state index in [4.69, 9.17) is 10.2 Å². The Kier molecular flexibility index (Phi) is 7.16. The fraction of sp³-hybridized carbons (Fsp3) is 0.625. The zero-order valence-electron chi connectivity index (χ0n) is 6.58. The maximum atomic E-state index is 8.58. The van der Waals surface area contributed by atoms with Gasteiger partial charge in [-0.05, 0) is 0 Å². The van der Waals surface area contributed by atoms with Gasteiger partial charge >= 0.3 is 0 Å². The quantitative estimate of drug-likeness (QED) is 0.507. The van der Waals surface area contributed by atoms with E-state index in [2.05, 4.69) is 18.8 Å². The Bertz CT molecular complexity index is 131. The second-order valence-corrected chi connectivity index (χ2v) is 2.08. The van der Waals surface area contributed by atoms with E-state index < -0.39 is 0 Å². The molecule has 0 aromatic heterocycles. The summed E-state index contributed by atoms with van der Waals surface area (Å²) in [5, 5.41) is 17.2. The van der Waals surface area contributed by atoms with Crippen LogP contribution in [0.15, 0.2) is 0 Å². The van der Waals surface area contributed by atoms with Gasteiger partial charge in [0.25, 0.3) is 0 Å². The lowest BCUT2D eigenvalue weighted by Crippen LogP contribution is -2.30. The Labute approximate surface area is 67.6 Å². The summed E-state index contributed by atoms with van der Waals surface area (Å²) in [5.41, 5.74) is 0. The van der Waals surface area contributed by atoms with Crippen molar-refractivity contribution in [1.29, 1.82) is 0 Å². The van der Waals surface area contributed by atoms with Crippen LogP contribution in [0.4, 0.5) is 0 Å². The van der Waals surface area contributed by atoms with Gasteiger partial charge in [-0.15, -0.1) is 5.92 Å². The molecule has 11 heavy (non-hydrogen) atoms. The fourth-order valence-corrected chi connectivity index (χ4v) is 0.720. The number of hydrogen-bond donors (Lipinski definition) is 2. The van der Waals surface area contributed by atoms with E-state index >= 15 is 0 Å². The van der Waals surface area contributed by atoms with Gasteiger partial charge in [-0.1, -0.05) is 5.92 Å². The molecular weight excluding hydrogens is 142 g/mol. The SMILES string of the molecule is [CH2]C#CCN(CCO)CCO. The van der Waals surface area contributed by atoms with Crippen molar-refractivity contribution >= 4 is 0 Å². The molecule has 0 spiro atoms. The van der Waals surface area contributed by atoms with Crippen LogP contribution in [0.1, 0.15) is 0 Å². The first-order chi connectivity index (χ1) is 5.35. The molecule has 0 bridgehead atoms. The van der Waals surface area contributed by atoms with Crippen LogP contribution in [0.3, 0.4) is 0 Å². The molecule has 2 N–H and O–H groups in total. The van der Waals surface area contributed by atoms with Crippen LogP contribution in [-0.2, 0) is 0 Å². The Balaban J connectivity index is 3.56. The number of aliphatic hydroxyl groups excluding tert-OH is 2. The van der Waals surface area contributed by atoms with Gasteiger partial charge in [-0.2, -0.15) is 0 Å². The van der Waals surface area contributed by atoms with E-state index in [-0.39, 0.29) is 13.2 Å². The molecule has 0 aliphatic carbocycles. The predicted molar refractivity (Wildman–Crippen MR) is 43.7 cm³/mol. The second kappa shape index (κ2) is 7.55. The van der Waals surface area contributed by atoms with E-state index in [0.717, 1.165) is 0 Å². The molecule has 0 saturated heterocycles. The molecule has 0 aromatic carbocycles. The van der Waals surface area contributed by atoms with Crippen LogP contribution < -0.4 is 0 Å². The molecular formula is C8H14NO2. The highest BCUT2D eigenvalue weighted by atomic mass is 16.3. The maximum absolute atomic E-state index is 8.58. The fourth-order valence-electron chi connectivity index (χ4n) is 0.720. The second-order valence-electron chi connectivity index (χ2n) is 2.08. The average Bonchev–Trinajstić information content (AvgIpc) is 2.01. The Morgan fingerprint density at radius 1 is 1.18 bits per heavy atom. The number of aliphatic hydroxyl groups is 2. The normalized spacial score (nSPS) is 9.45. The summed E-state index contributed by atoms with van der Waals surface area (Å²) in [6.07, 6.45) is 0. The Hall–Kier alpha value is -0.560. The molecule has 0 rings (SSSR count). The number of rotatable bonds is 5. The molecule has 0 aliphatic rings. The maximum Gasteiger partial charge on any atom is 0.0603 e. The molecule has 0 aliphatic heterocycles. The smallest absolute Gasteiger partial charge is 0.0603 e. The van der Waals surface area contributed by atoms with Crippen LogP contribution in [0.5, 0.6) is 0 Å². The van der Waals surface area contributed by atoms with Gasteiger partial charge in [0.1, 0.15) is 0 Å². The van der Waals surface area contributed by atoms with Crippen LogP contribution in [-0.4, -0.2) is 48.0 Å². The molecule has 0 aromatic rings. The minimum absolute atomic E-state index is 0.0961. The van der Waals surface area contributed by atoms with Crippen molar-refractivity contribution in [3.63, 3.8) is 0 Å². The highest BCUT2D eigenvalue weighted by Crippen LogP contribution is 1.84. The number of hydrogen-bond acceptors (Lipinski definition) is 3. The van der Waals surface area contributed by atoms with Gasteiger partial charge in [-0.25, -0.2) is 0 Å². The molecule has 3 heteroatoms. The zero-order valence-corrected chi connectivity index (χ0v) is 6.58. The van der Waals surface area contributed by atoms with Crippen molar-refractivity contribution in [2.24, 2.45) is 0 Å². The van der Waals surface area contributed by atoms with Crippen LogP contribution in [0.25, 0.3) is 0 Å². The predicted octanol–water partition coefficient (Wildman–Crippen LogP) is -0.890. The van der Waals surface area contributed by atoms with E-state index in [1.807, 2.05) is 4.90 Å².